The molecule has 0 atom stereocenters. The smallest absolute Gasteiger partial charge is 0.332 e. The van der Waals surface area contributed by atoms with Crippen molar-refractivity contribution < 1.29 is 0 Å². The first kappa shape index (κ1) is 17.4. The van der Waals surface area contributed by atoms with Crippen LogP contribution in [0.4, 0.5) is 11.4 Å². The quantitative estimate of drug-likeness (QED) is 0.362. The van der Waals surface area contributed by atoms with E-state index in [4.69, 9.17) is 0 Å². The first-order valence-electron chi connectivity index (χ1n) is 10.6. The number of anilines is 2. The second-order valence-corrected chi connectivity index (χ2v) is 8.39. The summed E-state index contributed by atoms with van der Waals surface area (Å²) in [5, 5.41) is 2.67. The number of para-hydroxylation sites is 4. The molecule has 3 heteroatoms. The van der Waals surface area contributed by atoms with Crippen molar-refractivity contribution in [2.45, 2.75) is 13.8 Å². The van der Waals surface area contributed by atoms with E-state index < -0.39 is 0 Å². The zero-order valence-corrected chi connectivity index (χ0v) is 17.6. The molecule has 1 aliphatic rings. The van der Waals surface area contributed by atoms with Crippen molar-refractivity contribution in [1.82, 2.24) is 4.48 Å². The third kappa shape index (κ3) is 2.21. The van der Waals surface area contributed by atoms with Gasteiger partial charge >= 0.3 is 6.85 Å². The van der Waals surface area contributed by atoms with Gasteiger partial charge in [-0.15, -0.1) is 0 Å². The highest BCUT2D eigenvalue weighted by molar-refractivity contribution is 6.88. The van der Waals surface area contributed by atoms with Gasteiger partial charge in [0.05, 0.1) is 0 Å². The van der Waals surface area contributed by atoms with Crippen LogP contribution in [0.15, 0.2) is 84.9 Å². The fourth-order valence-electron chi connectivity index (χ4n) is 5.39. The van der Waals surface area contributed by atoms with Gasteiger partial charge in [0.1, 0.15) is 0 Å². The van der Waals surface area contributed by atoms with Gasteiger partial charge in [-0.1, -0.05) is 72.8 Å². The van der Waals surface area contributed by atoms with Crippen LogP contribution < -0.4 is 15.8 Å². The van der Waals surface area contributed by atoms with Gasteiger partial charge in [-0.2, -0.15) is 0 Å². The molecule has 1 aromatic heterocycles. The molecule has 0 N–H and O–H groups in total. The van der Waals surface area contributed by atoms with Crippen molar-refractivity contribution in [3.05, 3.63) is 96.1 Å². The molecule has 30 heavy (non-hydrogen) atoms. The molecule has 0 fully saturated rings. The van der Waals surface area contributed by atoms with Crippen LogP contribution in [-0.2, 0) is 0 Å². The van der Waals surface area contributed by atoms with Crippen molar-refractivity contribution in [2.24, 2.45) is 0 Å². The van der Waals surface area contributed by atoms with Crippen LogP contribution >= 0.6 is 0 Å². The van der Waals surface area contributed by atoms with E-state index in [1.807, 2.05) is 0 Å². The molecule has 0 amide bonds. The first-order valence-corrected chi connectivity index (χ1v) is 10.6. The van der Waals surface area contributed by atoms with Gasteiger partial charge in [0.15, 0.2) is 0 Å². The normalized spacial score (nSPS) is 13.0. The molecular formula is C27H23BN2. The summed E-state index contributed by atoms with van der Waals surface area (Å²) in [5.41, 5.74) is 10.6. The van der Waals surface area contributed by atoms with Crippen LogP contribution in [0.25, 0.3) is 21.8 Å². The standard InChI is InChI=1S/C27H23BN2/c1-18-10-8-12-20-21-13-9-11-19(2)27(21)30(26(18)20)28-22-14-4-6-16-24(22)29(3)25-17-7-5-15-23(25)28/h4-17H,1-3H3. The van der Waals surface area contributed by atoms with Crippen LogP contribution in [0, 0.1) is 13.8 Å². The Labute approximate surface area is 177 Å². The van der Waals surface area contributed by atoms with Crippen LogP contribution in [0.5, 0.6) is 0 Å². The van der Waals surface area contributed by atoms with E-state index in [1.54, 1.807) is 0 Å². The zero-order chi connectivity index (χ0) is 20.4. The van der Waals surface area contributed by atoms with Crippen molar-refractivity contribution in [3.63, 3.8) is 0 Å². The fraction of sp³-hybridized carbons (Fsp3) is 0.111. The summed E-state index contributed by atoms with van der Waals surface area (Å²) in [5.74, 6) is 0. The molecule has 6 rings (SSSR count). The Morgan fingerprint density at radius 1 is 0.567 bits per heavy atom. The molecule has 0 saturated carbocycles. The van der Waals surface area contributed by atoms with Crippen LogP contribution in [0.1, 0.15) is 11.1 Å². The fourth-order valence-corrected chi connectivity index (χ4v) is 5.39. The van der Waals surface area contributed by atoms with Crippen molar-refractivity contribution in [3.8, 4) is 0 Å². The number of benzene rings is 4. The number of fused-ring (bicyclic) bond motifs is 5. The third-order valence-electron chi connectivity index (χ3n) is 6.69. The van der Waals surface area contributed by atoms with Gasteiger partial charge in [-0.05, 0) is 48.0 Å². The summed E-state index contributed by atoms with van der Waals surface area (Å²) in [6.07, 6.45) is 0. The molecule has 1 aliphatic heterocycles. The van der Waals surface area contributed by atoms with Gasteiger partial charge < -0.3 is 9.38 Å². The summed E-state index contributed by atoms with van der Waals surface area (Å²) in [4.78, 5) is 2.33. The Balaban J connectivity index is 1.83. The average Bonchev–Trinajstić information content (AvgIpc) is 3.11. The highest BCUT2D eigenvalue weighted by Crippen LogP contribution is 2.35. The lowest BCUT2D eigenvalue weighted by molar-refractivity contribution is 1.20. The molecule has 2 heterocycles. The lowest BCUT2D eigenvalue weighted by Gasteiger charge is -2.35. The number of aryl methyl sites for hydroxylation is 2. The van der Waals surface area contributed by atoms with Crippen molar-refractivity contribution in [2.75, 3.05) is 11.9 Å². The topological polar surface area (TPSA) is 8.17 Å². The average molecular weight is 386 g/mol. The van der Waals surface area contributed by atoms with E-state index >= 15 is 0 Å². The minimum atomic E-state index is 0.135. The Hall–Kier alpha value is -3.46. The second-order valence-electron chi connectivity index (χ2n) is 8.39. The molecule has 5 aromatic rings. The largest absolute Gasteiger partial charge is 0.375 e. The van der Waals surface area contributed by atoms with Crippen molar-refractivity contribution >= 4 is 51.0 Å². The molecule has 0 bridgehead atoms. The highest BCUT2D eigenvalue weighted by atomic mass is 15.1. The summed E-state index contributed by atoms with van der Waals surface area (Å²) in [6.45, 7) is 4.61. The highest BCUT2D eigenvalue weighted by Gasteiger charge is 2.36. The lowest BCUT2D eigenvalue weighted by Crippen LogP contribution is -2.54. The maximum Gasteiger partial charge on any atom is 0.332 e. The number of hydrogen-bond acceptors (Lipinski definition) is 1. The zero-order valence-electron chi connectivity index (χ0n) is 17.6. The van der Waals surface area contributed by atoms with E-state index in [0.717, 1.165) is 0 Å². The number of rotatable bonds is 1. The van der Waals surface area contributed by atoms with Gasteiger partial charge in [0, 0.05) is 40.2 Å². The van der Waals surface area contributed by atoms with Crippen LogP contribution in [0.3, 0.4) is 0 Å². The van der Waals surface area contributed by atoms with Gasteiger partial charge in [-0.3, -0.25) is 0 Å². The molecule has 0 saturated heterocycles. The van der Waals surface area contributed by atoms with Gasteiger partial charge in [0.25, 0.3) is 0 Å². The first-order chi connectivity index (χ1) is 14.7. The van der Waals surface area contributed by atoms with E-state index in [1.165, 1.54) is 55.2 Å². The van der Waals surface area contributed by atoms with Crippen LogP contribution in [0.2, 0.25) is 0 Å². The van der Waals surface area contributed by atoms with Crippen molar-refractivity contribution in [1.29, 1.82) is 0 Å². The maximum absolute atomic E-state index is 2.60. The molecule has 2 nitrogen and oxygen atoms in total. The molecule has 0 aliphatic carbocycles. The number of hydrogen-bond donors (Lipinski definition) is 0. The summed E-state index contributed by atoms with van der Waals surface area (Å²) in [7, 11) is 2.18. The van der Waals surface area contributed by atoms with E-state index in [2.05, 4.69) is 115 Å². The van der Waals surface area contributed by atoms with Gasteiger partial charge in [0.2, 0.25) is 0 Å². The monoisotopic (exact) mass is 386 g/mol. The molecule has 0 radical (unpaired) electrons. The molecule has 144 valence electrons. The van der Waals surface area contributed by atoms with Crippen LogP contribution in [-0.4, -0.2) is 18.4 Å². The van der Waals surface area contributed by atoms with E-state index in [9.17, 15) is 0 Å². The number of nitrogens with zero attached hydrogens (tertiary/aromatic N) is 2. The Bertz CT molecular complexity index is 1340. The minimum Gasteiger partial charge on any atom is -0.375 e. The Morgan fingerprint density at radius 3 is 1.53 bits per heavy atom. The maximum atomic E-state index is 2.60. The number of aromatic nitrogens is 1. The molecular weight excluding hydrogens is 363 g/mol. The summed E-state index contributed by atoms with van der Waals surface area (Å²) in [6, 6.07) is 31.1. The summed E-state index contributed by atoms with van der Waals surface area (Å²) < 4.78 is 2.60. The summed E-state index contributed by atoms with van der Waals surface area (Å²) >= 11 is 0. The third-order valence-corrected chi connectivity index (χ3v) is 6.69. The SMILES string of the molecule is Cc1cccc2c3cccc(C)c3n(B3c4ccccc4N(C)c4ccccc43)c12. The molecule has 0 spiro atoms. The minimum absolute atomic E-state index is 0.135. The molecule has 4 aromatic carbocycles. The van der Waals surface area contributed by atoms with E-state index in [0.29, 0.717) is 0 Å². The molecule has 0 unspecified atom stereocenters. The Kier molecular flexibility index (Phi) is 3.64. The van der Waals surface area contributed by atoms with E-state index in [-0.39, 0.29) is 6.85 Å². The van der Waals surface area contributed by atoms with Gasteiger partial charge in [-0.25, -0.2) is 0 Å². The second kappa shape index (κ2) is 6.27. The Morgan fingerprint density at radius 2 is 1.03 bits per heavy atom. The predicted molar refractivity (Wildman–Crippen MR) is 130 cm³/mol. The predicted octanol–water partition coefficient (Wildman–Crippen LogP) is 5.15. The lowest BCUT2D eigenvalue weighted by atomic mass is 9.47.